The minimum Gasteiger partial charge on any atom is -0.481 e. The van der Waals surface area contributed by atoms with Crippen molar-refractivity contribution >= 4 is 11.9 Å². The molecule has 1 aromatic rings. The van der Waals surface area contributed by atoms with E-state index in [1.165, 1.54) is 6.26 Å². The van der Waals surface area contributed by atoms with E-state index >= 15 is 0 Å². The van der Waals surface area contributed by atoms with E-state index in [0.717, 1.165) is 0 Å². The number of carbonyl (C=O) groups is 2. The predicted octanol–water partition coefficient (Wildman–Crippen LogP) is 1.71. The Balaban J connectivity index is 2.19. The lowest BCUT2D eigenvalue weighted by Gasteiger charge is -2.35. The molecule has 0 aliphatic carbocycles. The Hall–Kier alpha value is -1.82. The Morgan fingerprint density at radius 2 is 2.19 bits per heavy atom. The molecule has 21 heavy (non-hydrogen) atoms. The number of ether oxygens (including phenoxy) is 1. The monoisotopic (exact) mass is 295 g/mol. The first-order chi connectivity index (χ1) is 9.90. The number of rotatable bonds is 4. The third-order valence-corrected chi connectivity index (χ3v) is 3.70. The van der Waals surface area contributed by atoms with Gasteiger partial charge in [-0.1, -0.05) is 13.8 Å². The van der Waals surface area contributed by atoms with Crippen molar-refractivity contribution in [2.24, 2.45) is 5.92 Å². The number of carboxylic acid groups (broad SMARTS) is 1. The van der Waals surface area contributed by atoms with Crippen LogP contribution < -0.4 is 0 Å². The fourth-order valence-corrected chi connectivity index (χ4v) is 2.47. The maximum Gasteiger partial charge on any atom is 0.311 e. The van der Waals surface area contributed by atoms with Crippen LogP contribution in [0.4, 0.5) is 0 Å². The van der Waals surface area contributed by atoms with Gasteiger partial charge in [-0.2, -0.15) is 0 Å². The Bertz CT molecular complexity index is 534. The third kappa shape index (κ3) is 3.44. The van der Waals surface area contributed by atoms with Gasteiger partial charge in [0, 0.05) is 18.7 Å². The second kappa shape index (κ2) is 6.30. The second-order valence-corrected chi connectivity index (χ2v) is 5.69. The number of carboxylic acids is 1. The van der Waals surface area contributed by atoms with Crippen molar-refractivity contribution in [2.45, 2.75) is 33.3 Å². The Morgan fingerprint density at radius 1 is 1.48 bits per heavy atom. The maximum absolute atomic E-state index is 12.7. The molecule has 1 N–H and O–H groups in total. The average Bonchev–Trinajstić information content (AvgIpc) is 2.78. The highest BCUT2D eigenvalue weighted by molar-refractivity contribution is 5.97. The molecule has 1 saturated heterocycles. The fourth-order valence-electron chi connectivity index (χ4n) is 2.47. The molecule has 2 rings (SSSR count). The van der Waals surface area contributed by atoms with Crippen LogP contribution in [0, 0.1) is 12.8 Å². The summed E-state index contributed by atoms with van der Waals surface area (Å²) < 4.78 is 10.9. The summed E-state index contributed by atoms with van der Waals surface area (Å²) in [6.45, 7) is 7.39. The molecule has 116 valence electrons. The molecule has 0 bridgehead atoms. The van der Waals surface area contributed by atoms with Gasteiger partial charge in [0.1, 0.15) is 12.2 Å². The Kier molecular flexibility index (Phi) is 4.67. The van der Waals surface area contributed by atoms with Crippen molar-refractivity contribution < 1.29 is 23.8 Å². The quantitative estimate of drug-likeness (QED) is 0.914. The number of aryl methyl sites for hydroxylation is 1. The standard InChI is InChI=1S/C15H21NO5/c1-9(2)12-7-16(4-5-20-12)15(19)14-10(3)8-21-11(14)6-13(17)18/h8-9,12H,4-7H2,1-3H3,(H,17,18). The number of aliphatic carboxylic acids is 1. The van der Waals surface area contributed by atoms with Gasteiger partial charge in [-0.05, 0) is 12.8 Å². The highest BCUT2D eigenvalue weighted by Crippen LogP contribution is 2.22. The third-order valence-electron chi connectivity index (χ3n) is 3.70. The second-order valence-electron chi connectivity index (χ2n) is 5.69. The predicted molar refractivity (Wildman–Crippen MR) is 75.3 cm³/mol. The largest absolute Gasteiger partial charge is 0.481 e. The minimum absolute atomic E-state index is 0.0119. The maximum atomic E-state index is 12.7. The molecule has 2 heterocycles. The van der Waals surface area contributed by atoms with Gasteiger partial charge >= 0.3 is 5.97 Å². The molecule has 1 fully saturated rings. The van der Waals surface area contributed by atoms with E-state index in [-0.39, 0.29) is 24.2 Å². The molecular weight excluding hydrogens is 274 g/mol. The molecule has 0 radical (unpaired) electrons. The molecule has 1 atom stereocenters. The van der Waals surface area contributed by atoms with Gasteiger partial charge in [-0.3, -0.25) is 9.59 Å². The SMILES string of the molecule is Cc1coc(CC(=O)O)c1C(=O)N1CCOC(C(C)C)C1. The molecule has 0 aromatic carbocycles. The summed E-state index contributed by atoms with van der Waals surface area (Å²) in [5.74, 6) is -0.644. The zero-order valence-electron chi connectivity index (χ0n) is 12.6. The minimum atomic E-state index is -1.01. The van der Waals surface area contributed by atoms with E-state index in [4.69, 9.17) is 14.3 Å². The molecule has 6 heteroatoms. The van der Waals surface area contributed by atoms with Crippen LogP contribution in [0.3, 0.4) is 0 Å². The van der Waals surface area contributed by atoms with Gasteiger partial charge in [0.25, 0.3) is 5.91 Å². The molecule has 1 unspecified atom stereocenters. The molecule has 1 aromatic heterocycles. The van der Waals surface area contributed by atoms with Gasteiger partial charge in [-0.15, -0.1) is 0 Å². The Morgan fingerprint density at radius 3 is 2.81 bits per heavy atom. The summed E-state index contributed by atoms with van der Waals surface area (Å²) in [6, 6.07) is 0. The lowest BCUT2D eigenvalue weighted by molar-refractivity contribution is -0.136. The van der Waals surface area contributed by atoms with Crippen LogP contribution in [0.25, 0.3) is 0 Å². The van der Waals surface area contributed by atoms with Gasteiger partial charge in [-0.25, -0.2) is 0 Å². The number of furan rings is 1. The van der Waals surface area contributed by atoms with E-state index < -0.39 is 5.97 Å². The molecule has 1 aliphatic rings. The van der Waals surface area contributed by atoms with Gasteiger partial charge < -0.3 is 19.2 Å². The van der Waals surface area contributed by atoms with E-state index in [9.17, 15) is 9.59 Å². The number of carbonyl (C=O) groups excluding carboxylic acids is 1. The number of hydrogen-bond donors (Lipinski definition) is 1. The zero-order valence-corrected chi connectivity index (χ0v) is 12.6. The van der Waals surface area contributed by atoms with Crippen LogP contribution in [0.1, 0.15) is 35.5 Å². The first kappa shape index (κ1) is 15.6. The summed E-state index contributed by atoms with van der Waals surface area (Å²) in [7, 11) is 0. The fraction of sp³-hybridized carbons (Fsp3) is 0.600. The molecule has 0 saturated carbocycles. The van der Waals surface area contributed by atoms with E-state index in [0.29, 0.717) is 36.7 Å². The van der Waals surface area contributed by atoms with Gasteiger partial charge in [0.15, 0.2) is 0 Å². The smallest absolute Gasteiger partial charge is 0.311 e. The average molecular weight is 295 g/mol. The van der Waals surface area contributed by atoms with E-state index in [1.54, 1.807) is 11.8 Å². The normalized spacial score (nSPS) is 19.0. The molecular formula is C15H21NO5. The van der Waals surface area contributed by atoms with Crippen LogP contribution in [-0.2, 0) is 16.0 Å². The summed E-state index contributed by atoms with van der Waals surface area (Å²) in [4.78, 5) is 25.3. The number of hydrogen-bond acceptors (Lipinski definition) is 4. The van der Waals surface area contributed by atoms with Crippen molar-refractivity contribution in [1.82, 2.24) is 4.90 Å². The van der Waals surface area contributed by atoms with Gasteiger partial charge in [0.2, 0.25) is 0 Å². The topological polar surface area (TPSA) is 80.0 Å². The van der Waals surface area contributed by atoms with Crippen molar-refractivity contribution in [2.75, 3.05) is 19.7 Å². The van der Waals surface area contributed by atoms with E-state index in [2.05, 4.69) is 13.8 Å². The van der Waals surface area contributed by atoms with Crippen molar-refractivity contribution in [3.05, 3.63) is 23.2 Å². The number of amides is 1. The first-order valence-corrected chi connectivity index (χ1v) is 7.09. The summed E-state index contributed by atoms with van der Waals surface area (Å²) in [5.41, 5.74) is 1.05. The van der Waals surface area contributed by atoms with Crippen molar-refractivity contribution in [3.8, 4) is 0 Å². The molecule has 1 aliphatic heterocycles. The van der Waals surface area contributed by atoms with Crippen LogP contribution in [0.2, 0.25) is 0 Å². The molecule has 0 spiro atoms. The van der Waals surface area contributed by atoms with Crippen LogP contribution in [0.5, 0.6) is 0 Å². The lowest BCUT2D eigenvalue weighted by atomic mass is 10.0. The first-order valence-electron chi connectivity index (χ1n) is 7.09. The number of nitrogens with zero attached hydrogens (tertiary/aromatic N) is 1. The number of morpholine rings is 1. The highest BCUT2D eigenvalue weighted by atomic mass is 16.5. The summed E-state index contributed by atoms with van der Waals surface area (Å²) in [6.07, 6.45) is 1.16. The zero-order chi connectivity index (χ0) is 15.6. The summed E-state index contributed by atoms with van der Waals surface area (Å²) >= 11 is 0. The molecule has 6 nitrogen and oxygen atoms in total. The lowest BCUT2D eigenvalue weighted by Crippen LogP contribution is -2.47. The molecule has 1 amide bonds. The van der Waals surface area contributed by atoms with Gasteiger partial charge in [0.05, 0.1) is 24.5 Å². The van der Waals surface area contributed by atoms with Crippen molar-refractivity contribution in [1.29, 1.82) is 0 Å². The van der Waals surface area contributed by atoms with Crippen LogP contribution >= 0.6 is 0 Å². The van der Waals surface area contributed by atoms with Crippen LogP contribution in [-0.4, -0.2) is 47.7 Å². The van der Waals surface area contributed by atoms with Crippen molar-refractivity contribution in [3.63, 3.8) is 0 Å². The van der Waals surface area contributed by atoms with Crippen LogP contribution in [0.15, 0.2) is 10.7 Å². The Labute approximate surface area is 123 Å². The highest BCUT2D eigenvalue weighted by Gasteiger charge is 2.30. The van der Waals surface area contributed by atoms with E-state index in [1.807, 2.05) is 0 Å². The summed E-state index contributed by atoms with van der Waals surface area (Å²) in [5, 5.41) is 8.90.